The van der Waals surface area contributed by atoms with E-state index in [4.69, 9.17) is 5.39 Å². The summed E-state index contributed by atoms with van der Waals surface area (Å²) in [7, 11) is 0. The third-order valence-electron chi connectivity index (χ3n) is 2.32. The summed E-state index contributed by atoms with van der Waals surface area (Å²) >= 11 is 0. The van der Waals surface area contributed by atoms with Gasteiger partial charge in [0.05, 0.1) is 0 Å². The number of anilines is 1. The molecule has 3 heteroatoms. The lowest BCUT2D eigenvalue weighted by atomic mass is 10.2. The predicted molar refractivity (Wildman–Crippen MR) is 64.0 cm³/mol. The van der Waals surface area contributed by atoms with Crippen molar-refractivity contribution >= 4 is 11.4 Å². The molecule has 80 valence electrons. The van der Waals surface area contributed by atoms with Crippen molar-refractivity contribution in [1.82, 2.24) is 0 Å². The summed E-state index contributed by atoms with van der Waals surface area (Å²) in [6.45, 7) is 6.51. The van der Waals surface area contributed by atoms with Crippen LogP contribution in [0, 0.1) is 5.39 Å². The van der Waals surface area contributed by atoms with Gasteiger partial charge in [-0.2, -0.15) is 0 Å². The smallest absolute Gasteiger partial charge is 0.372 e. The molecule has 3 nitrogen and oxygen atoms in total. The maximum Gasteiger partial charge on any atom is 0.385 e. The second kappa shape index (κ2) is 6.02. The monoisotopic (exact) mass is 204 g/mol. The van der Waals surface area contributed by atoms with Gasteiger partial charge in [-0.15, -0.1) is 0 Å². The SMILES string of the molecule is CCCN(CCC)c1ccc([N+]#N)cc1. The van der Waals surface area contributed by atoms with Gasteiger partial charge in [0.25, 0.3) is 0 Å². The van der Waals surface area contributed by atoms with Crippen LogP contribution < -0.4 is 4.90 Å². The lowest BCUT2D eigenvalue weighted by molar-refractivity contribution is 0.745. The molecule has 0 heterocycles. The fourth-order valence-corrected chi connectivity index (χ4v) is 1.64. The van der Waals surface area contributed by atoms with E-state index in [1.54, 1.807) is 0 Å². The maximum atomic E-state index is 8.59. The Hall–Kier alpha value is -1.56. The summed E-state index contributed by atoms with van der Waals surface area (Å²) < 4.78 is 0. The molecule has 0 radical (unpaired) electrons. The Kier molecular flexibility index (Phi) is 4.62. The van der Waals surface area contributed by atoms with E-state index in [9.17, 15) is 0 Å². The number of diazo groups is 1. The van der Waals surface area contributed by atoms with E-state index in [0.717, 1.165) is 25.9 Å². The van der Waals surface area contributed by atoms with Crippen LogP contribution in [0.25, 0.3) is 4.98 Å². The lowest BCUT2D eigenvalue weighted by Crippen LogP contribution is -2.24. The van der Waals surface area contributed by atoms with Crippen LogP contribution in [-0.4, -0.2) is 13.1 Å². The molecule has 0 amide bonds. The highest BCUT2D eigenvalue weighted by atomic mass is 15.1. The number of nitrogens with zero attached hydrogens (tertiary/aromatic N) is 3. The Morgan fingerprint density at radius 3 is 2.00 bits per heavy atom. The van der Waals surface area contributed by atoms with Gasteiger partial charge in [-0.3, -0.25) is 0 Å². The molecule has 0 spiro atoms. The predicted octanol–water partition coefficient (Wildman–Crippen LogP) is 3.80. The maximum absolute atomic E-state index is 8.59. The molecule has 0 saturated heterocycles. The molecule has 0 aliphatic rings. The zero-order valence-corrected chi connectivity index (χ0v) is 9.48. The van der Waals surface area contributed by atoms with Gasteiger partial charge >= 0.3 is 5.69 Å². The van der Waals surface area contributed by atoms with E-state index in [1.165, 1.54) is 5.69 Å². The molecular formula is C12H18N3+. The minimum atomic E-state index is 0.603. The molecule has 1 rings (SSSR count). The summed E-state index contributed by atoms with van der Waals surface area (Å²) in [5.74, 6) is 0. The van der Waals surface area contributed by atoms with Crippen molar-refractivity contribution in [3.05, 3.63) is 29.2 Å². The van der Waals surface area contributed by atoms with Gasteiger partial charge in [-0.05, 0) is 25.0 Å². The summed E-state index contributed by atoms with van der Waals surface area (Å²) in [4.78, 5) is 5.49. The van der Waals surface area contributed by atoms with Crippen LogP contribution in [0.4, 0.5) is 11.4 Å². The van der Waals surface area contributed by atoms with Crippen molar-refractivity contribution in [3.8, 4) is 0 Å². The van der Waals surface area contributed by atoms with Crippen LogP contribution in [0.15, 0.2) is 24.3 Å². The average molecular weight is 204 g/mol. The zero-order chi connectivity index (χ0) is 11.1. The van der Waals surface area contributed by atoms with Crippen molar-refractivity contribution in [2.24, 2.45) is 0 Å². The van der Waals surface area contributed by atoms with Gasteiger partial charge < -0.3 is 4.90 Å². The van der Waals surface area contributed by atoms with Crippen molar-refractivity contribution in [3.63, 3.8) is 0 Å². The third-order valence-corrected chi connectivity index (χ3v) is 2.32. The first-order chi connectivity index (χ1) is 7.31. The second-order valence-electron chi connectivity index (χ2n) is 3.60. The first-order valence-electron chi connectivity index (χ1n) is 5.52. The molecule has 0 bridgehead atoms. The summed E-state index contributed by atoms with van der Waals surface area (Å²) in [5.41, 5.74) is 1.80. The minimum absolute atomic E-state index is 0.603. The molecule has 0 N–H and O–H groups in total. The van der Waals surface area contributed by atoms with Gasteiger partial charge in [0.15, 0.2) is 4.98 Å². The molecule has 0 saturated carbocycles. The van der Waals surface area contributed by atoms with Gasteiger partial charge in [-0.25, -0.2) is 0 Å². The van der Waals surface area contributed by atoms with Crippen LogP contribution in [0.5, 0.6) is 0 Å². The lowest BCUT2D eigenvalue weighted by Gasteiger charge is -2.23. The summed E-state index contributed by atoms with van der Waals surface area (Å²) in [6, 6.07) is 7.65. The largest absolute Gasteiger partial charge is 0.385 e. The molecule has 0 aliphatic heterocycles. The first-order valence-corrected chi connectivity index (χ1v) is 5.52. The second-order valence-corrected chi connectivity index (χ2v) is 3.60. The number of benzene rings is 1. The molecule has 15 heavy (non-hydrogen) atoms. The van der Waals surface area contributed by atoms with E-state index in [0.29, 0.717) is 5.69 Å². The van der Waals surface area contributed by atoms with Crippen molar-refractivity contribution in [1.29, 1.82) is 5.39 Å². The third kappa shape index (κ3) is 3.25. The molecule has 0 aromatic heterocycles. The molecular weight excluding hydrogens is 186 g/mol. The van der Waals surface area contributed by atoms with E-state index >= 15 is 0 Å². The molecule has 0 unspecified atom stereocenters. The minimum Gasteiger partial charge on any atom is -0.372 e. The zero-order valence-electron chi connectivity index (χ0n) is 9.48. The van der Waals surface area contributed by atoms with Crippen molar-refractivity contribution < 1.29 is 0 Å². The topological polar surface area (TPSA) is 31.4 Å². The number of rotatable bonds is 5. The van der Waals surface area contributed by atoms with Crippen LogP contribution >= 0.6 is 0 Å². The Morgan fingerprint density at radius 1 is 1.07 bits per heavy atom. The number of hydrogen-bond donors (Lipinski definition) is 0. The molecule has 0 atom stereocenters. The normalized spacial score (nSPS) is 9.67. The fraction of sp³-hybridized carbons (Fsp3) is 0.500. The van der Waals surface area contributed by atoms with Gasteiger partial charge in [0.2, 0.25) is 5.39 Å². The van der Waals surface area contributed by atoms with Crippen molar-refractivity contribution in [2.75, 3.05) is 18.0 Å². The summed E-state index contributed by atoms with van der Waals surface area (Å²) in [6.07, 6.45) is 2.29. The van der Waals surface area contributed by atoms with E-state index in [1.807, 2.05) is 24.3 Å². The Bertz CT molecular complexity index is 318. The highest BCUT2D eigenvalue weighted by Gasteiger charge is 2.07. The molecule has 1 aromatic rings. The summed E-state index contributed by atoms with van der Waals surface area (Å²) in [5, 5.41) is 8.59. The quantitative estimate of drug-likeness (QED) is 0.683. The molecule has 0 aliphatic carbocycles. The van der Waals surface area contributed by atoms with Crippen molar-refractivity contribution in [2.45, 2.75) is 26.7 Å². The van der Waals surface area contributed by atoms with Crippen LogP contribution in [0.3, 0.4) is 0 Å². The fourth-order valence-electron chi connectivity index (χ4n) is 1.64. The Labute approximate surface area is 91.3 Å². The van der Waals surface area contributed by atoms with Crippen LogP contribution in [0.2, 0.25) is 0 Å². The van der Waals surface area contributed by atoms with E-state index in [-0.39, 0.29) is 0 Å². The standard InChI is InChI=1S/C12H18N3/c1-3-9-15(10-4-2)12-7-5-11(14-13)6-8-12/h5-8H,3-4,9-10H2,1-2H3/q+1. The van der Waals surface area contributed by atoms with E-state index < -0.39 is 0 Å². The highest BCUT2D eigenvalue weighted by molar-refractivity contribution is 5.55. The first kappa shape index (κ1) is 11.5. The van der Waals surface area contributed by atoms with E-state index in [2.05, 4.69) is 23.7 Å². The van der Waals surface area contributed by atoms with Crippen LogP contribution in [-0.2, 0) is 0 Å². The molecule has 0 fully saturated rings. The van der Waals surface area contributed by atoms with Gasteiger partial charge in [0, 0.05) is 30.9 Å². The average Bonchev–Trinajstić information content (AvgIpc) is 2.29. The van der Waals surface area contributed by atoms with Gasteiger partial charge in [-0.1, -0.05) is 13.8 Å². The molecule has 1 aromatic carbocycles. The van der Waals surface area contributed by atoms with Gasteiger partial charge in [0.1, 0.15) is 0 Å². The highest BCUT2D eigenvalue weighted by Crippen LogP contribution is 2.20. The van der Waals surface area contributed by atoms with Crippen LogP contribution in [0.1, 0.15) is 26.7 Å². The Balaban J connectivity index is 2.77. The number of hydrogen-bond acceptors (Lipinski definition) is 2. The Morgan fingerprint density at radius 2 is 1.60 bits per heavy atom.